The average Bonchev–Trinajstić information content (AvgIpc) is 2.51. The van der Waals surface area contributed by atoms with E-state index >= 15 is 0 Å². The zero-order valence-electron chi connectivity index (χ0n) is 14.3. The molecule has 2 rings (SSSR count). The molecule has 0 amide bonds. The molecule has 1 heterocycles. The Morgan fingerprint density at radius 3 is 2.00 bits per heavy atom. The highest BCUT2D eigenvalue weighted by molar-refractivity contribution is 7.92. The Bertz CT molecular complexity index is 829. The van der Waals surface area contributed by atoms with E-state index in [4.69, 9.17) is 4.74 Å². The predicted molar refractivity (Wildman–Crippen MR) is 91.7 cm³/mol. The highest BCUT2D eigenvalue weighted by Crippen LogP contribution is 2.32. The number of pyridine rings is 1. The summed E-state index contributed by atoms with van der Waals surface area (Å²) in [7, 11) is -2.28. The van der Waals surface area contributed by atoms with Gasteiger partial charge in [0.05, 0.1) is 12.0 Å². The lowest BCUT2D eigenvalue weighted by atomic mass is 9.95. The third kappa shape index (κ3) is 3.03. The average molecular weight is 334 g/mol. The number of sulfonamides is 1. The molecular weight excluding hydrogens is 312 g/mol. The van der Waals surface area contributed by atoms with E-state index in [-0.39, 0.29) is 5.88 Å². The Hall–Kier alpha value is -2.08. The summed E-state index contributed by atoms with van der Waals surface area (Å²) >= 11 is 0. The third-order valence-corrected chi connectivity index (χ3v) is 6.05. The molecule has 0 radical (unpaired) electrons. The standard InChI is InChI=1S/C17H22N2O3S/c1-10-11(2)13(4)16(14(5)12(10)3)23(20,21)19-15-8-7-9-18-17(15)22-6/h7-9,19H,1-6H3. The van der Waals surface area contributed by atoms with E-state index in [1.807, 2.05) is 34.6 Å². The van der Waals surface area contributed by atoms with Crippen LogP contribution in [-0.4, -0.2) is 20.5 Å². The van der Waals surface area contributed by atoms with Crippen LogP contribution in [0.5, 0.6) is 5.88 Å². The van der Waals surface area contributed by atoms with Crippen molar-refractivity contribution >= 4 is 15.7 Å². The van der Waals surface area contributed by atoms with Gasteiger partial charge in [-0.15, -0.1) is 0 Å². The Morgan fingerprint density at radius 1 is 0.957 bits per heavy atom. The van der Waals surface area contributed by atoms with Crippen molar-refractivity contribution in [1.82, 2.24) is 4.98 Å². The molecule has 0 aliphatic rings. The summed E-state index contributed by atoms with van der Waals surface area (Å²) in [5.74, 6) is 0.243. The van der Waals surface area contributed by atoms with Crippen LogP contribution < -0.4 is 9.46 Å². The lowest BCUT2D eigenvalue weighted by molar-refractivity contribution is 0.400. The van der Waals surface area contributed by atoms with Gasteiger partial charge in [-0.2, -0.15) is 0 Å². The van der Waals surface area contributed by atoms with Crippen molar-refractivity contribution in [2.75, 3.05) is 11.8 Å². The molecule has 0 aliphatic carbocycles. The highest BCUT2D eigenvalue weighted by Gasteiger charge is 2.24. The normalized spacial score (nSPS) is 11.4. The number of methoxy groups -OCH3 is 1. The van der Waals surface area contributed by atoms with Gasteiger partial charge >= 0.3 is 0 Å². The molecule has 0 saturated carbocycles. The van der Waals surface area contributed by atoms with Gasteiger partial charge in [0.25, 0.3) is 10.0 Å². The van der Waals surface area contributed by atoms with E-state index in [2.05, 4.69) is 9.71 Å². The minimum atomic E-state index is -3.74. The summed E-state index contributed by atoms with van der Waals surface area (Å²) in [6, 6.07) is 3.29. The molecule has 1 aromatic heterocycles. The van der Waals surface area contributed by atoms with E-state index in [1.54, 1.807) is 18.3 Å². The monoisotopic (exact) mass is 334 g/mol. The number of anilines is 1. The molecule has 23 heavy (non-hydrogen) atoms. The maximum absolute atomic E-state index is 12.9. The number of nitrogens with one attached hydrogen (secondary N) is 1. The number of rotatable bonds is 4. The fourth-order valence-corrected chi connectivity index (χ4v) is 4.35. The first-order chi connectivity index (χ1) is 10.7. The third-order valence-electron chi connectivity index (χ3n) is 4.41. The van der Waals surface area contributed by atoms with Crippen LogP contribution >= 0.6 is 0 Å². The molecule has 5 nitrogen and oxygen atoms in total. The van der Waals surface area contributed by atoms with Crippen molar-refractivity contribution in [1.29, 1.82) is 0 Å². The molecule has 6 heteroatoms. The van der Waals surface area contributed by atoms with Gasteiger partial charge < -0.3 is 4.74 Å². The zero-order valence-corrected chi connectivity index (χ0v) is 15.1. The second-order valence-electron chi connectivity index (χ2n) is 5.62. The van der Waals surface area contributed by atoms with Gasteiger partial charge in [-0.3, -0.25) is 4.72 Å². The lowest BCUT2D eigenvalue weighted by Gasteiger charge is -2.19. The second-order valence-corrected chi connectivity index (χ2v) is 7.24. The number of aromatic nitrogens is 1. The fourth-order valence-electron chi connectivity index (χ4n) is 2.70. The molecular formula is C17H22N2O3S. The minimum absolute atomic E-state index is 0.243. The van der Waals surface area contributed by atoms with Gasteiger partial charge in [0.1, 0.15) is 5.69 Å². The summed E-state index contributed by atoms with van der Waals surface area (Å²) in [6.07, 6.45) is 1.55. The Kier molecular flexibility index (Phi) is 4.66. The molecule has 0 fully saturated rings. The van der Waals surface area contributed by atoms with Crippen molar-refractivity contribution < 1.29 is 13.2 Å². The zero-order chi connectivity index (χ0) is 17.4. The SMILES string of the molecule is COc1ncccc1NS(=O)(=O)c1c(C)c(C)c(C)c(C)c1C. The van der Waals surface area contributed by atoms with Crippen LogP contribution in [0.3, 0.4) is 0 Å². The van der Waals surface area contributed by atoms with Crippen molar-refractivity contribution in [2.24, 2.45) is 0 Å². The summed E-state index contributed by atoms with van der Waals surface area (Å²) in [5, 5.41) is 0. The van der Waals surface area contributed by atoms with E-state index in [0.29, 0.717) is 10.6 Å². The largest absolute Gasteiger partial charge is 0.480 e. The van der Waals surface area contributed by atoms with Gasteiger partial charge in [0, 0.05) is 6.20 Å². The number of ether oxygens (including phenoxy) is 1. The Labute approximate surface area is 137 Å². The summed E-state index contributed by atoms with van der Waals surface area (Å²) in [4.78, 5) is 4.34. The van der Waals surface area contributed by atoms with Crippen LogP contribution in [0.1, 0.15) is 27.8 Å². The first-order valence-electron chi connectivity index (χ1n) is 7.29. The van der Waals surface area contributed by atoms with Gasteiger partial charge in [-0.1, -0.05) is 0 Å². The summed E-state index contributed by atoms with van der Waals surface area (Å²) < 4.78 is 33.6. The van der Waals surface area contributed by atoms with Crippen molar-refractivity contribution in [3.05, 3.63) is 46.1 Å². The van der Waals surface area contributed by atoms with Crippen molar-refractivity contribution in [3.63, 3.8) is 0 Å². The molecule has 0 unspecified atom stereocenters. The minimum Gasteiger partial charge on any atom is -0.480 e. The molecule has 0 atom stereocenters. The molecule has 0 spiro atoms. The highest BCUT2D eigenvalue weighted by atomic mass is 32.2. The molecule has 1 N–H and O–H groups in total. The van der Waals surface area contributed by atoms with Gasteiger partial charge in [0.2, 0.25) is 5.88 Å². The van der Waals surface area contributed by atoms with E-state index < -0.39 is 10.0 Å². The summed E-state index contributed by atoms with van der Waals surface area (Å²) in [5.41, 5.74) is 4.96. The maximum Gasteiger partial charge on any atom is 0.262 e. The lowest BCUT2D eigenvalue weighted by Crippen LogP contribution is -2.18. The van der Waals surface area contributed by atoms with Crippen LogP contribution in [0.25, 0.3) is 0 Å². The van der Waals surface area contributed by atoms with E-state index in [0.717, 1.165) is 27.8 Å². The second kappa shape index (κ2) is 6.20. The number of benzene rings is 1. The molecule has 0 aliphatic heterocycles. The molecule has 1 aromatic carbocycles. The number of hydrogen-bond donors (Lipinski definition) is 1. The van der Waals surface area contributed by atoms with Crippen LogP contribution in [0.15, 0.2) is 23.2 Å². The predicted octanol–water partition coefficient (Wildman–Crippen LogP) is 3.43. The van der Waals surface area contributed by atoms with Gasteiger partial charge in [-0.05, 0) is 74.6 Å². The number of hydrogen-bond acceptors (Lipinski definition) is 4. The molecule has 2 aromatic rings. The number of nitrogens with zero attached hydrogens (tertiary/aromatic N) is 1. The van der Waals surface area contributed by atoms with Gasteiger partial charge in [0.15, 0.2) is 0 Å². The van der Waals surface area contributed by atoms with E-state index in [1.165, 1.54) is 7.11 Å². The molecule has 124 valence electrons. The fraction of sp³-hybridized carbons (Fsp3) is 0.353. The van der Waals surface area contributed by atoms with Crippen molar-refractivity contribution in [2.45, 2.75) is 39.5 Å². The Morgan fingerprint density at radius 2 is 1.48 bits per heavy atom. The topological polar surface area (TPSA) is 68.3 Å². The van der Waals surface area contributed by atoms with Crippen LogP contribution in [0, 0.1) is 34.6 Å². The Balaban J connectivity index is 2.62. The van der Waals surface area contributed by atoms with E-state index in [9.17, 15) is 8.42 Å². The van der Waals surface area contributed by atoms with Crippen molar-refractivity contribution in [3.8, 4) is 5.88 Å². The molecule has 0 bridgehead atoms. The van der Waals surface area contributed by atoms with Crippen LogP contribution in [-0.2, 0) is 10.0 Å². The van der Waals surface area contributed by atoms with Crippen LogP contribution in [0.2, 0.25) is 0 Å². The summed E-state index contributed by atoms with van der Waals surface area (Å²) in [6.45, 7) is 9.58. The first-order valence-corrected chi connectivity index (χ1v) is 8.77. The quantitative estimate of drug-likeness (QED) is 0.930. The first kappa shape index (κ1) is 17.3. The smallest absolute Gasteiger partial charge is 0.262 e. The van der Waals surface area contributed by atoms with Gasteiger partial charge in [-0.25, -0.2) is 13.4 Å². The van der Waals surface area contributed by atoms with Crippen LogP contribution in [0.4, 0.5) is 5.69 Å². The maximum atomic E-state index is 12.9. The molecule has 0 saturated heterocycles.